The topological polar surface area (TPSA) is 43.4 Å². The van der Waals surface area contributed by atoms with E-state index < -0.39 is 0 Å². The fraction of sp³-hybridized carbons (Fsp3) is 0.867. The van der Waals surface area contributed by atoms with Gasteiger partial charge in [-0.05, 0) is 31.1 Å². The molecule has 1 rings (SSSR count). The van der Waals surface area contributed by atoms with Gasteiger partial charge in [0.1, 0.15) is 5.78 Å². The van der Waals surface area contributed by atoms with Crippen LogP contribution in [0.1, 0.15) is 58.8 Å². The monoisotopic (exact) mass is 254 g/mol. The summed E-state index contributed by atoms with van der Waals surface area (Å²) in [7, 11) is 1.37. The third-order valence-electron chi connectivity index (χ3n) is 4.41. The van der Waals surface area contributed by atoms with Crippen LogP contribution < -0.4 is 0 Å². The summed E-state index contributed by atoms with van der Waals surface area (Å²) in [5.41, 5.74) is 0. The van der Waals surface area contributed by atoms with E-state index in [1.807, 2.05) is 0 Å². The molecule has 3 heteroatoms. The van der Waals surface area contributed by atoms with Crippen LogP contribution in [0, 0.1) is 17.8 Å². The molecule has 0 heterocycles. The van der Waals surface area contributed by atoms with Gasteiger partial charge in [0.2, 0.25) is 0 Å². The average molecular weight is 254 g/mol. The predicted octanol–water partition coefficient (Wildman–Crippen LogP) is 3.36. The number of hydrogen-bond acceptors (Lipinski definition) is 3. The van der Waals surface area contributed by atoms with Gasteiger partial charge >= 0.3 is 5.97 Å². The third-order valence-corrected chi connectivity index (χ3v) is 4.41. The van der Waals surface area contributed by atoms with E-state index >= 15 is 0 Å². The van der Waals surface area contributed by atoms with E-state index in [1.54, 1.807) is 0 Å². The molecule has 0 aromatic rings. The maximum absolute atomic E-state index is 12.2. The Balaban J connectivity index is 2.48. The van der Waals surface area contributed by atoms with Crippen LogP contribution >= 0.6 is 0 Å². The van der Waals surface area contributed by atoms with Crippen molar-refractivity contribution in [2.24, 2.45) is 17.8 Å². The molecule has 104 valence electrons. The van der Waals surface area contributed by atoms with Gasteiger partial charge in [0.25, 0.3) is 0 Å². The Morgan fingerprint density at radius 3 is 2.39 bits per heavy atom. The number of carbonyl (C=O) groups excluding carboxylic acids is 2. The van der Waals surface area contributed by atoms with Gasteiger partial charge in [-0.15, -0.1) is 0 Å². The third kappa shape index (κ3) is 4.11. The molecular formula is C15H26O3. The second-order valence-corrected chi connectivity index (χ2v) is 5.40. The maximum atomic E-state index is 12.2. The standard InChI is InChI=1S/C15H26O3/c1-4-11-6-7-13(12(5-2)10-11)14(16)8-9-15(17)18-3/h11-13H,4-10H2,1-3H3. The summed E-state index contributed by atoms with van der Waals surface area (Å²) >= 11 is 0. The number of ether oxygens (including phenoxy) is 1. The van der Waals surface area contributed by atoms with Crippen molar-refractivity contribution < 1.29 is 14.3 Å². The molecule has 1 saturated carbocycles. The van der Waals surface area contributed by atoms with Gasteiger partial charge < -0.3 is 4.74 Å². The van der Waals surface area contributed by atoms with Crippen LogP contribution in [0.15, 0.2) is 0 Å². The van der Waals surface area contributed by atoms with Crippen molar-refractivity contribution in [3.8, 4) is 0 Å². The fourth-order valence-electron chi connectivity index (χ4n) is 3.12. The van der Waals surface area contributed by atoms with E-state index in [2.05, 4.69) is 18.6 Å². The lowest BCUT2D eigenvalue weighted by Crippen LogP contribution is -2.30. The van der Waals surface area contributed by atoms with Gasteiger partial charge in [-0.2, -0.15) is 0 Å². The van der Waals surface area contributed by atoms with Crippen molar-refractivity contribution in [1.82, 2.24) is 0 Å². The number of hydrogen-bond donors (Lipinski definition) is 0. The summed E-state index contributed by atoms with van der Waals surface area (Å²) in [6.07, 6.45) is 6.25. The molecule has 0 N–H and O–H groups in total. The van der Waals surface area contributed by atoms with Crippen LogP contribution in [0.2, 0.25) is 0 Å². The summed E-state index contributed by atoms with van der Waals surface area (Å²) in [6, 6.07) is 0. The van der Waals surface area contributed by atoms with Gasteiger partial charge in [-0.25, -0.2) is 0 Å². The maximum Gasteiger partial charge on any atom is 0.305 e. The van der Waals surface area contributed by atoms with Crippen molar-refractivity contribution in [2.75, 3.05) is 7.11 Å². The van der Waals surface area contributed by atoms with Crippen LogP contribution in [-0.2, 0) is 14.3 Å². The minimum atomic E-state index is -0.279. The van der Waals surface area contributed by atoms with E-state index in [0.717, 1.165) is 18.8 Å². The highest BCUT2D eigenvalue weighted by atomic mass is 16.5. The highest BCUT2D eigenvalue weighted by molar-refractivity contribution is 5.85. The molecule has 0 spiro atoms. The van der Waals surface area contributed by atoms with E-state index in [0.29, 0.717) is 12.3 Å². The van der Waals surface area contributed by atoms with Gasteiger partial charge in [-0.3, -0.25) is 9.59 Å². The summed E-state index contributed by atoms with van der Waals surface area (Å²) in [5, 5.41) is 0. The zero-order valence-electron chi connectivity index (χ0n) is 11.9. The van der Waals surface area contributed by atoms with E-state index in [-0.39, 0.29) is 24.1 Å². The van der Waals surface area contributed by atoms with Gasteiger partial charge in [-0.1, -0.05) is 26.7 Å². The van der Waals surface area contributed by atoms with E-state index in [1.165, 1.54) is 26.4 Å². The molecular weight excluding hydrogens is 228 g/mol. The van der Waals surface area contributed by atoms with E-state index in [4.69, 9.17) is 0 Å². The first kappa shape index (κ1) is 15.2. The molecule has 0 saturated heterocycles. The second kappa shape index (κ2) is 7.55. The Bertz CT molecular complexity index is 285. The molecule has 3 unspecified atom stereocenters. The molecule has 3 atom stereocenters. The molecule has 0 aromatic carbocycles. The van der Waals surface area contributed by atoms with Crippen LogP contribution in [0.5, 0.6) is 0 Å². The first-order valence-corrected chi connectivity index (χ1v) is 7.21. The molecule has 3 nitrogen and oxygen atoms in total. The lowest BCUT2D eigenvalue weighted by molar-refractivity contribution is -0.142. The Labute approximate surface area is 110 Å². The van der Waals surface area contributed by atoms with Gasteiger partial charge in [0, 0.05) is 12.3 Å². The van der Waals surface area contributed by atoms with Crippen LogP contribution in [0.4, 0.5) is 0 Å². The first-order valence-electron chi connectivity index (χ1n) is 7.21. The highest BCUT2D eigenvalue weighted by Crippen LogP contribution is 2.38. The molecule has 0 bridgehead atoms. The minimum Gasteiger partial charge on any atom is -0.469 e. The zero-order chi connectivity index (χ0) is 13.5. The van der Waals surface area contributed by atoms with Crippen molar-refractivity contribution >= 4 is 11.8 Å². The number of Topliss-reactive ketones (excluding diaryl/α,β-unsaturated/α-hetero) is 1. The largest absolute Gasteiger partial charge is 0.469 e. The van der Waals surface area contributed by atoms with E-state index in [9.17, 15) is 9.59 Å². The molecule has 0 amide bonds. The van der Waals surface area contributed by atoms with Gasteiger partial charge in [0.15, 0.2) is 0 Å². The molecule has 1 aliphatic carbocycles. The van der Waals surface area contributed by atoms with Crippen molar-refractivity contribution in [3.63, 3.8) is 0 Å². The molecule has 0 aromatic heterocycles. The number of esters is 1. The smallest absolute Gasteiger partial charge is 0.305 e. The van der Waals surface area contributed by atoms with Crippen LogP contribution in [0.3, 0.4) is 0 Å². The second-order valence-electron chi connectivity index (χ2n) is 5.40. The SMILES string of the molecule is CCC1CCC(C(=O)CCC(=O)OC)C(CC)C1. The summed E-state index contributed by atoms with van der Waals surface area (Å²) in [4.78, 5) is 23.2. The normalized spacial score (nSPS) is 27.8. The quantitative estimate of drug-likeness (QED) is 0.683. The minimum absolute atomic E-state index is 0.183. The fourth-order valence-corrected chi connectivity index (χ4v) is 3.12. The molecule has 0 aliphatic heterocycles. The van der Waals surface area contributed by atoms with Crippen molar-refractivity contribution in [2.45, 2.75) is 58.8 Å². The molecule has 0 radical (unpaired) electrons. The lowest BCUT2D eigenvalue weighted by atomic mass is 9.70. The number of methoxy groups -OCH3 is 1. The highest BCUT2D eigenvalue weighted by Gasteiger charge is 2.32. The Hall–Kier alpha value is -0.860. The summed E-state index contributed by atoms with van der Waals surface area (Å²) in [5.74, 6) is 1.48. The number of carbonyl (C=O) groups is 2. The molecule has 18 heavy (non-hydrogen) atoms. The Kier molecular flexibility index (Phi) is 6.37. The van der Waals surface area contributed by atoms with Crippen molar-refractivity contribution in [1.29, 1.82) is 0 Å². The average Bonchev–Trinajstić information content (AvgIpc) is 2.43. The molecule has 1 aliphatic rings. The van der Waals surface area contributed by atoms with Crippen LogP contribution in [-0.4, -0.2) is 18.9 Å². The zero-order valence-corrected chi connectivity index (χ0v) is 11.9. The number of rotatable bonds is 6. The Morgan fingerprint density at radius 1 is 1.11 bits per heavy atom. The van der Waals surface area contributed by atoms with Crippen molar-refractivity contribution in [3.05, 3.63) is 0 Å². The summed E-state index contributed by atoms with van der Waals surface area (Å²) < 4.78 is 4.58. The number of ketones is 1. The van der Waals surface area contributed by atoms with Crippen LogP contribution in [0.25, 0.3) is 0 Å². The Morgan fingerprint density at radius 2 is 1.83 bits per heavy atom. The predicted molar refractivity (Wildman–Crippen MR) is 71.2 cm³/mol. The molecule has 1 fully saturated rings. The summed E-state index contributed by atoms with van der Waals surface area (Å²) in [6.45, 7) is 4.40. The lowest BCUT2D eigenvalue weighted by Gasteiger charge is -2.34. The van der Waals surface area contributed by atoms with Gasteiger partial charge in [0.05, 0.1) is 13.5 Å². The first-order chi connectivity index (χ1) is 8.62.